The molecule has 0 aromatic heterocycles. The molecule has 0 fully saturated rings. The Morgan fingerprint density at radius 1 is 1.05 bits per heavy atom. The van der Waals surface area contributed by atoms with Crippen molar-refractivity contribution in [3.63, 3.8) is 0 Å². The van der Waals surface area contributed by atoms with E-state index in [1.165, 1.54) is 0 Å². The first-order chi connectivity index (χ1) is 10.2. The summed E-state index contributed by atoms with van der Waals surface area (Å²) in [4.78, 5) is 0.622. The fraction of sp³-hybridized carbons (Fsp3) is 0.176. The van der Waals surface area contributed by atoms with Gasteiger partial charge in [-0.2, -0.15) is 0 Å². The van der Waals surface area contributed by atoms with E-state index in [-0.39, 0.29) is 10.3 Å². The van der Waals surface area contributed by atoms with E-state index >= 15 is 0 Å². The molecule has 0 atom stereocenters. The molecule has 1 aliphatic carbocycles. The van der Waals surface area contributed by atoms with Crippen molar-refractivity contribution in [2.45, 2.75) is 24.2 Å². The van der Waals surface area contributed by atoms with Gasteiger partial charge in [-0.1, -0.05) is 53.5 Å². The third kappa shape index (κ3) is 2.53. The molecule has 0 saturated heterocycles. The molecular formula is C17H14BrClO2S. The summed E-state index contributed by atoms with van der Waals surface area (Å²) in [7, 11) is -3.57. The fourth-order valence-corrected chi connectivity index (χ4v) is 4.86. The molecule has 0 heterocycles. The normalized spacial score (nSPS) is 16.3. The Bertz CT molecular complexity index is 881. The molecule has 22 heavy (non-hydrogen) atoms. The summed E-state index contributed by atoms with van der Waals surface area (Å²) in [6, 6.07) is 12.0. The molecule has 3 rings (SSSR count). The standard InChI is InChI=1S/C17H14BrClO2S/c1-17(2)10-16(14-8-3-11(18)9-15(14)17)22(20,21)13-6-4-12(19)5-7-13/h3-10H,1-2H3. The first kappa shape index (κ1) is 15.8. The predicted octanol–water partition coefficient (Wildman–Crippen LogP) is 5.21. The van der Waals surface area contributed by atoms with E-state index in [9.17, 15) is 8.42 Å². The van der Waals surface area contributed by atoms with Crippen molar-refractivity contribution in [1.29, 1.82) is 0 Å². The Labute approximate surface area is 143 Å². The molecule has 1 aliphatic rings. The average molecular weight is 398 g/mol. The van der Waals surface area contributed by atoms with E-state index in [2.05, 4.69) is 15.9 Å². The van der Waals surface area contributed by atoms with Crippen LogP contribution in [0.15, 0.2) is 57.9 Å². The number of benzene rings is 2. The van der Waals surface area contributed by atoms with Gasteiger partial charge in [0.1, 0.15) is 0 Å². The van der Waals surface area contributed by atoms with Gasteiger partial charge in [-0.3, -0.25) is 0 Å². The molecule has 0 bridgehead atoms. The summed E-state index contributed by atoms with van der Waals surface area (Å²) in [6.45, 7) is 4.03. The molecule has 0 spiro atoms. The zero-order valence-electron chi connectivity index (χ0n) is 12.1. The van der Waals surface area contributed by atoms with Gasteiger partial charge >= 0.3 is 0 Å². The van der Waals surface area contributed by atoms with Crippen LogP contribution in [-0.4, -0.2) is 8.42 Å². The van der Waals surface area contributed by atoms with E-state index in [1.54, 1.807) is 24.3 Å². The largest absolute Gasteiger partial charge is 0.219 e. The van der Waals surface area contributed by atoms with Gasteiger partial charge in [0, 0.05) is 14.9 Å². The van der Waals surface area contributed by atoms with Crippen LogP contribution in [0.1, 0.15) is 25.0 Å². The van der Waals surface area contributed by atoms with Crippen molar-refractivity contribution in [3.8, 4) is 0 Å². The number of sulfone groups is 1. The quantitative estimate of drug-likeness (QED) is 0.697. The monoisotopic (exact) mass is 396 g/mol. The molecular weight excluding hydrogens is 384 g/mol. The Balaban J connectivity index is 2.19. The third-order valence-corrected chi connectivity index (χ3v) is 6.40. The van der Waals surface area contributed by atoms with Crippen LogP contribution in [0.4, 0.5) is 0 Å². The van der Waals surface area contributed by atoms with Crippen molar-refractivity contribution in [2.24, 2.45) is 0 Å². The van der Waals surface area contributed by atoms with Crippen LogP contribution in [0.3, 0.4) is 0 Å². The minimum atomic E-state index is -3.57. The minimum absolute atomic E-state index is 0.259. The van der Waals surface area contributed by atoms with Gasteiger partial charge in [0.15, 0.2) is 0 Å². The Morgan fingerprint density at radius 3 is 2.32 bits per heavy atom. The molecule has 0 amide bonds. The first-order valence-electron chi connectivity index (χ1n) is 6.76. The van der Waals surface area contributed by atoms with Crippen molar-refractivity contribution in [2.75, 3.05) is 0 Å². The summed E-state index contributed by atoms with van der Waals surface area (Å²) < 4.78 is 26.9. The summed E-state index contributed by atoms with van der Waals surface area (Å²) in [5, 5.41) is 0.518. The lowest BCUT2D eigenvalue weighted by Gasteiger charge is -2.17. The molecule has 0 unspecified atom stereocenters. The molecule has 0 N–H and O–H groups in total. The van der Waals surface area contributed by atoms with Crippen LogP contribution in [0.25, 0.3) is 4.91 Å². The SMILES string of the molecule is CC1(C)C=C(S(=O)(=O)c2ccc(Cl)cc2)c2ccc(Br)cc21. The van der Waals surface area contributed by atoms with Gasteiger partial charge in [0.2, 0.25) is 9.84 Å². The van der Waals surface area contributed by atoms with E-state index in [1.807, 2.05) is 38.1 Å². The van der Waals surface area contributed by atoms with Gasteiger partial charge in [-0.25, -0.2) is 8.42 Å². The fourth-order valence-electron chi connectivity index (χ4n) is 2.71. The van der Waals surface area contributed by atoms with E-state index in [0.717, 1.165) is 15.6 Å². The smallest absolute Gasteiger partial charge is 0.206 e. The molecule has 0 saturated carbocycles. The second-order valence-corrected chi connectivity index (χ2v) is 9.15. The predicted molar refractivity (Wildman–Crippen MR) is 93.8 cm³/mol. The number of hydrogen-bond donors (Lipinski definition) is 0. The Morgan fingerprint density at radius 2 is 1.68 bits per heavy atom. The van der Waals surface area contributed by atoms with Crippen LogP contribution in [0.5, 0.6) is 0 Å². The Hall–Kier alpha value is -1.10. The van der Waals surface area contributed by atoms with Crippen LogP contribution in [-0.2, 0) is 15.3 Å². The highest BCUT2D eigenvalue weighted by Crippen LogP contribution is 2.45. The first-order valence-corrected chi connectivity index (χ1v) is 9.41. The maximum atomic E-state index is 13.0. The molecule has 0 aliphatic heterocycles. The number of rotatable bonds is 2. The number of fused-ring (bicyclic) bond motifs is 1. The van der Waals surface area contributed by atoms with Crippen molar-refractivity contribution >= 4 is 42.3 Å². The van der Waals surface area contributed by atoms with E-state index < -0.39 is 9.84 Å². The lowest BCUT2D eigenvalue weighted by atomic mass is 9.87. The second kappa shape index (κ2) is 5.22. The van der Waals surface area contributed by atoms with Gasteiger partial charge in [0.05, 0.1) is 9.80 Å². The zero-order valence-corrected chi connectivity index (χ0v) is 15.3. The van der Waals surface area contributed by atoms with Crippen LogP contribution < -0.4 is 0 Å². The molecule has 2 aromatic carbocycles. The third-order valence-electron chi connectivity index (χ3n) is 3.85. The van der Waals surface area contributed by atoms with Gasteiger partial charge in [-0.05, 0) is 47.5 Å². The molecule has 2 nitrogen and oxygen atoms in total. The van der Waals surface area contributed by atoms with Gasteiger partial charge < -0.3 is 0 Å². The lowest BCUT2D eigenvalue weighted by Crippen LogP contribution is -2.10. The van der Waals surface area contributed by atoms with E-state index in [4.69, 9.17) is 11.6 Å². The number of halogens is 2. The molecule has 0 radical (unpaired) electrons. The van der Waals surface area contributed by atoms with Crippen LogP contribution in [0, 0.1) is 0 Å². The average Bonchev–Trinajstić information content (AvgIpc) is 2.72. The summed E-state index contributed by atoms with van der Waals surface area (Å²) in [6.07, 6.45) is 1.83. The topological polar surface area (TPSA) is 34.1 Å². The number of hydrogen-bond acceptors (Lipinski definition) is 2. The Kier molecular flexibility index (Phi) is 3.75. The maximum absolute atomic E-state index is 13.0. The second-order valence-electron chi connectivity index (χ2n) is 5.88. The number of allylic oxidation sites excluding steroid dienone is 1. The highest BCUT2D eigenvalue weighted by atomic mass is 79.9. The van der Waals surface area contributed by atoms with Gasteiger partial charge in [0.25, 0.3) is 0 Å². The van der Waals surface area contributed by atoms with Crippen LogP contribution >= 0.6 is 27.5 Å². The van der Waals surface area contributed by atoms with Crippen molar-refractivity contribution in [1.82, 2.24) is 0 Å². The maximum Gasteiger partial charge on any atom is 0.206 e. The highest BCUT2D eigenvalue weighted by molar-refractivity contribution is 9.10. The summed E-state index contributed by atoms with van der Waals surface area (Å²) in [5.74, 6) is 0. The van der Waals surface area contributed by atoms with Crippen LogP contribution in [0.2, 0.25) is 5.02 Å². The molecule has 5 heteroatoms. The molecule has 2 aromatic rings. The molecule has 114 valence electrons. The summed E-state index contributed by atoms with van der Waals surface area (Å²) in [5.41, 5.74) is 1.45. The summed E-state index contributed by atoms with van der Waals surface area (Å²) >= 11 is 9.30. The van der Waals surface area contributed by atoms with E-state index in [0.29, 0.717) is 9.93 Å². The van der Waals surface area contributed by atoms with Gasteiger partial charge in [-0.15, -0.1) is 0 Å². The van der Waals surface area contributed by atoms with Crippen molar-refractivity contribution < 1.29 is 8.42 Å². The minimum Gasteiger partial charge on any atom is -0.219 e. The lowest BCUT2D eigenvalue weighted by molar-refractivity contribution is 0.605. The van der Waals surface area contributed by atoms with Crippen molar-refractivity contribution in [3.05, 3.63) is 69.2 Å². The zero-order chi connectivity index (χ0) is 16.1. The highest BCUT2D eigenvalue weighted by Gasteiger charge is 2.36.